The highest BCUT2D eigenvalue weighted by molar-refractivity contribution is 6.25. The molecule has 9 rings (SSSR count). The molecule has 3 aliphatic heterocycles. The SMILES string of the molecule is COc1c(F)cc(-c2cc(Cn3cnc4c(NCCCCCCNc5cccc6c5C(=O)N(C5CCC(=O)NC5=O)C6=O)ncnc43)c(N3CCC[C@](N)(c4ccccn4)C3)cn2)cc1F. The van der Waals surface area contributed by atoms with E-state index in [9.17, 15) is 28.0 Å². The van der Waals surface area contributed by atoms with Crippen LogP contribution in [0.4, 0.5) is 26.0 Å². The second kappa shape index (κ2) is 18.6. The zero-order valence-corrected chi connectivity index (χ0v) is 36.2. The number of benzene rings is 2. The third-order valence-electron chi connectivity index (χ3n) is 12.4. The highest BCUT2D eigenvalue weighted by atomic mass is 19.1. The molecule has 0 radical (unpaired) electrons. The Morgan fingerprint density at radius 2 is 1.71 bits per heavy atom. The van der Waals surface area contributed by atoms with Crippen LogP contribution in [0.25, 0.3) is 22.4 Å². The van der Waals surface area contributed by atoms with Gasteiger partial charge in [0.2, 0.25) is 11.8 Å². The molecule has 4 aromatic heterocycles. The molecule has 2 fully saturated rings. The predicted octanol–water partition coefficient (Wildman–Crippen LogP) is 5.56. The number of amides is 4. The van der Waals surface area contributed by atoms with Crippen LogP contribution < -0.4 is 31.3 Å². The number of halogens is 2. The van der Waals surface area contributed by atoms with Gasteiger partial charge in [0, 0.05) is 50.0 Å². The Balaban J connectivity index is 0.841. The molecule has 0 aliphatic carbocycles. The van der Waals surface area contributed by atoms with Crippen LogP contribution in [0.1, 0.15) is 83.3 Å². The van der Waals surface area contributed by atoms with Gasteiger partial charge in [0.25, 0.3) is 11.8 Å². The second-order valence-corrected chi connectivity index (χ2v) is 16.8. The first-order valence-corrected chi connectivity index (χ1v) is 22.0. The normalized spacial score (nSPS) is 18.5. The molecule has 2 aromatic carbocycles. The van der Waals surface area contributed by atoms with Gasteiger partial charge in [0.15, 0.2) is 28.8 Å². The van der Waals surface area contributed by atoms with E-state index in [2.05, 4.69) is 40.8 Å². The average molecular weight is 899 g/mol. The molecule has 0 saturated carbocycles. The van der Waals surface area contributed by atoms with Gasteiger partial charge in [-0.05, 0) is 80.1 Å². The highest BCUT2D eigenvalue weighted by Gasteiger charge is 2.45. The van der Waals surface area contributed by atoms with Crippen molar-refractivity contribution >= 4 is 52.0 Å². The molecule has 4 amide bonds. The first-order chi connectivity index (χ1) is 32.0. The van der Waals surface area contributed by atoms with Crippen molar-refractivity contribution in [2.24, 2.45) is 5.73 Å². The lowest BCUT2D eigenvalue weighted by molar-refractivity contribution is -0.136. The van der Waals surface area contributed by atoms with Gasteiger partial charge < -0.3 is 30.6 Å². The van der Waals surface area contributed by atoms with Crippen molar-refractivity contribution in [3.8, 4) is 17.0 Å². The molecule has 340 valence electrons. The van der Waals surface area contributed by atoms with E-state index in [1.165, 1.54) is 25.6 Å². The smallest absolute Gasteiger partial charge is 0.264 e. The molecule has 66 heavy (non-hydrogen) atoms. The highest BCUT2D eigenvalue weighted by Crippen LogP contribution is 2.36. The Morgan fingerprint density at radius 3 is 2.47 bits per heavy atom. The van der Waals surface area contributed by atoms with E-state index >= 15 is 0 Å². The minimum atomic E-state index is -1.02. The lowest BCUT2D eigenvalue weighted by Crippen LogP contribution is -2.54. The Hall–Kier alpha value is -7.41. The largest absolute Gasteiger partial charge is 0.491 e. The van der Waals surface area contributed by atoms with E-state index in [0.29, 0.717) is 61.1 Å². The van der Waals surface area contributed by atoms with Gasteiger partial charge >= 0.3 is 0 Å². The molecule has 7 heterocycles. The number of aromatic nitrogens is 6. The number of anilines is 3. The molecule has 2 saturated heterocycles. The van der Waals surface area contributed by atoms with E-state index in [1.54, 1.807) is 36.9 Å². The summed E-state index contributed by atoms with van der Waals surface area (Å²) in [6.07, 6.45) is 11.8. The third kappa shape index (κ3) is 8.60. The Kier molecular flexibility index (Phi) is 12.3. The zero-order valence-electron chi connectivity index (χ0n) is 36.2. The number of carbonyl (C=O) groups is 4. The van der Waals surface area contributed by atoms with Gasteiger partial charge in [-0.15, -0.1) is 0 Å². The van der Waals surface area contributed by atoms with Crippen molar-refractivity contribution in [2.75, 3.05) is 48.8 Å². The quantitative estimate of drug-likeness (QED) is 0.0692. The number of hydrogen-bond acceptors (Lipinski definition) is 14. The van der Waals surface area contributed by atoms with E-state index < -0.39 is 52.6 Å². The number of rotatable bonds is 16. The molecule has 2 atom stereocenters. The van der Waals surface area contributed by atoms with Gasteiger partial charge in [-0.1, -0.05) is 25.0 Å². The second-order valence-electron chi connectivity index (χ2n) is 16.8. The number of imide groups is 2. The summed E-state index contributed by atoms with van der Waals surface area (Å²) in [4.78, 5) is 76.9. The molecule has 6 aromatic rings. The number of ether oxygens (including phenoxy) is 1. The number of methoxy groups -OCH3 is 1. The zero-order chi connectivity index (χ0) is 46.0. The van der Waals surface area contributed by atoms with E-state index in [1.807, 2.05) is 28.8 Å². The van der Waals surface area contributed by atoms with Crippen LogP contribution in [-0.2, 0) is 21.7 Å². The van der Waals surface area contributed by atoms with Gasteiger partial charge in [-0.3, -0.25) is 39.4 Å². The number of carbonyl (C=O) groups excluding carboxylic acids is 4. The van der Waals surface area contributed by atoms with Crippen LogP contribution in [0.5, 0.6) is 5.75 Å². The number of hydrogen-bond donors (Lipinski definition) is 4. The predicted molar refractivity (Wildman–Crippen MR) is 241 cm³/mol. The van der Waals surface area contributed by atoms with E-state index in [-0.39, 0.29) is 29.5 Å². The fraction of sp³-hybridized carbons (Fsp3) is 0.340. The summed E-state index contributed by atoms with van der Waals surface area (Å²) in [6, 6.07) is 14.0. The monoisotopic (exact) mass is 898 g/mol. The number of pyridine rings is 2. The topological polar surface area (TPSA) is 215 Å². The summed E-state index contributed by atoms with van der Waals surface area (Å²) in [5.74, 6) is -3.69. The van der Waals surface area contributed by atoms with Gasteiger partial charge in [-0.25, -0.2) is 23.7 Å². The van der Waals surface area contributed by atoms with Crippen LogP contribution in [-0.4, -0.2) is 97.3 Å². The summed E-state index contributed by atoms with van der Waals surface area (Å²) in [6.45, 7) is 2.70. The first-order valence-electron chi connectivity index (χ1n) is 22.0. The fourth-order valence-electron chi connectivity index (χ4n) is 9.12. The molecule has 17 nitrogen and oxygen atoms in total. The van der Waals surface area contributed by atoms with Crippen LogP contribution in [0.15, 0.2) is 79.6 Å². The molecule has 3 aliphatic rings. The number of unbranched alkanes of at least 4 members (excludes halogenated alkanes) is 3. The molecule has 19 heteroatoms. The van der Waals surface area contributed by atoms with Crippen LogP contribution >= 0.6 is 0 Å². The number of nitrogens with one attached hydrogen (secondary N) is 3. The molecular weight excluding hydrogens is 851 g/mol. The summed E-state index contributed by atoms with van der Waals surface area (Å²) >= 11 is 0. The van der Waals surface area contributed by atoms with Crippen LogP contribution in [0.2, 0.25) is 0 Å². The lowest BCUT2D eigenvalue weighted by atomic mass is 9.86. The minimum Gasteiger partial charge on any atom is -0.491 e. The van der Waals surface area contributed by atoms with Crippen molar-refractivity contribution in [1.29, 1.82) is 0 Å². The number of piperidine rings is 2. The minimum absolute atomic E-state index is 0.0572. The molecule has 0 bridgehead atoms. The maximum absolute atomic E-state index is 14.9. The molecule has 0 spiro atoms. The Morgan fingerprint density at radius 1 is 0.909 bits per heavy atom. The Bertz CT molecular complexity index is 2820. The standard InChI is InChI=1S/C47H48F2N12O5/c1-66-41-31(48)20-28(21-32(41)49)34-22-29(36(23-54-34)59-19-9-15-47(50,25-59)37-12-4-7-17-52-37)24-60-27-57-40-42(55-26-56-43(40)60)53-18-6-3-2-5-16-51-33-11-8-10-30-39(33)46(65)61(45(30)64)35-13-14-38(62)58-44(35)63/h4,7-8,10-12,17,20-23,26-27,35,51H,2-3,5-6,9,13-16,18-19,24-25,50H2,1H3,(H,53,55,56)(H,58,62,63)/t35?,47-/m1/s1. The number of fused-ring (bicyclic) bond motifs is 2. The third-order valence-corrected chi connectivity index (χ3v) is 12.4. The summed E-state index contributed by atoms with van der Waals surface area (Å²) in [7, 11) is 1.22. The molecular formula is C47H48F2N12O5. The van der Waals surface area contributed by atoms with Gasteiger partial charge in [0.05, 0.1) is 59.9 Å². The van der Waals surface area contributed by atoms with Gasteiger partial charge in [0.1, 0.15) is 17.9 Å². The lowest BCUT2D eigenvalue weighted by Gasteiger charge is -2.41. The maximum atomic E-state index is 14.9. The number of imidazole rings is 1. The van der Waals surface area contributed by atoms with Crippen molar-refractivity contribution < 1.29 is 32.7 Å². The summed E-state index contributed by atoms with van der Waals surface area (Å²) < 4.78 is 36.6. The number of nitrogens with zero attached hydrogens (tertiary/aromatic N) is 8. The van der Waals surface area contributed by atoms with E-state index in [0.717, 1.165) is 60.4 Å². The van der Waals surface area contributed by atoms with Crippen molar-refractivity contribution in [3.05, 3.63) is 114 Å². The number of nitrogens with two attached hydrogens (primary N) is 1. The van der Waals surface area contributed by atoms with Crippen molar-refractivity contribution in [2.45, 2.75) is 69.5 Å². The maximum Gasteiger partial charge on any atom is 0.264 e. The first kappa shape index (κ1) is 43.8. The van der Waals surface area contributed by atoms with Crippen LogP contribution in [0, 0.1) is 11.6 Å². The van der Waals surface area contributed by atoms with E-state index in [4.69, 9.17) is 15.5 Å². The fourth-order valence-corrected chi connectivity index (χ4v) is 9.12. The van der Waals surface area contributed by atoms with Crippen molar-refractivity contribution in [3.63, 3.8) is 0 Å². The Labute approximate surface area is 378 Å². The average Bonchev–Trinajstić information content (AvgIpc) is 3.84. The summed E-state index contributed by atoms with van der Waals surface area (Å²) in [5, 5.41) is 8.93. The van der Waals surface area contributed by atoms with Crippen molar-refractivity contribution in [1.82, 2.24) is 39.7 Å². The van der Waals surface area contributed by atoms with Gasteiger partial charge in [-0.2, -0.15) is 0 Å². The van der Waals surface area contributed by atoms with Crippen LogP contribution in [0.3, 0.4) is 0 Å². The molecule has 1 unspecified atom stereocenters. The summed E-state index contributed by atoms with van der Waals surface area (Å²) in [5.41, 5.74) is 11.6. The molecule has 5 N–H and O–H groups in total.